The molecule has 6 heteroatoms. The van der Waals surface area contributed by atoms with Crippen LogP contribution in [0.5, 0.6) is 0 Å². The molecule has 3 rings (SSSR count). The van der Waals surface area contributed by atoms with E-state index >= 15 is 0 Å². The molecule has 0 bridgehead atoms. The van der Waals surface area contributed by atoms with Gasteiger partial charge in [-0.15, -0.1) is 0 Å². The lowest BCUT2D eigenvalue weighted by atomic mass is 10.1. The molecule has 122 valence electrons. The molecule has 2 aliphatic heterocycles. The molecule has 1 unspecified atom stereocenters. The lowest BCUT2D eigenvalue weighted by Crippen LogP contribution is -2.51. The molecule has 3 amide bonds. The number of carbonyl (C=O) groups excluding carboxylic acids is 3. The molecule has 0 aromatic rings. The first-order chi connectivity index (χ1) is 10.6. The first-order valence-corrected chi connectivity index (χ1v) is 8.40. The summed E-state index contributed by atoms with van der Waals surface area (Å²) < 4.78 is 0. The molecule has 0 N–H and O–H groups in total. The van der Waals surface area contributed by atoms with Gasteiger partial charge in [0.05, 0.1) is 5.92 Å². The lowest BCUT2D eigenvalue weighted by molar-refractivity contribution is -0.141. The van der Waals surface area contributed by atoms with E-state index in [2.05, 4.69) is 0 Å². The summed E-state index contributed by atoms with van der Waals surface area (Å²) in [5.41, 5.74) is 0. The SMILES string of the molecule is CC(=O)N1CCN(C(=O)C2CC(=O)N(C3CCCC3)C2)CC1. The van der Waals surface area contributed by atoms with E-state index in [-0.39, 0.29) is 23.6 Å². The minimum absolute atomic E-state index is 0.0653. The average molecular weight is 307 g/mol. The predicted molar refractivity (Wildman–Crippen MR) is 80.9 cm³/mol. The van der Waals surface area contributed by atoms with Gasteiger partial charge in [-0.1, -0.05) is 12.8 Å². The van der Waals surface area contributed by atoms with Gasteiger partial charge in [-0.05, 0) is 12.8 Å². The van der Waals surface area contributed by atoms with Crippen LogP contribution in [0.4, 0.5) is 0 Å². The van der Waals surface area contributed by atoms with Crippen LogP contribution in [-0.4, -0.2) is 71.2 Å². The van der Waals surface area contributed by atoms with Crippen molar-refractivity contribution in [3.63, 3.8) is 0 Å². The van der Waals surface area contributed by atoms with Crippen molar-refractivity contribution < 1.29 is 14.4 Å². The number of amides is 3. The number of hydrogen-bond donors (Lipinski definition) is 0. The van der Waals surface area contributed by atoms with Gasteiger partial charge in [0, 0.05) is 52.1 Å². The smallest absolute Gasteiger partial charge is 0.228 e. The van der Waals surface area contributed by atoms with E-state index in [0.29, 0.717) is 45.2 Å². The Labute approximate surface area is 131 Å². The van der Waals surface area contributed by atoms with Crippen LogP contribution >= 0.6 is 0 Å². The van der Waals surface area contributed by atoms with Crippen LogP contribution < -0.4 is 0 Å². The minimum atomic E-state index is -0.183. The highest BCUT2D eigenvalue weighted by molar-refractivity contribution is 5.89. The van der Waals surface area contributed by atoms with Crippen molar-refractivity contribution in [3.05, 3.63) is 0 Å². The fourth-order valence-electron chi connectivity index (χ4n) is 3.97. The lowest BCUT2D eigenvalue weighted by Gasteiger charge is -2.35. The Morgan fingerprint density at radius 1 is 1.00 bits per heavy atom. The van der Waals surface area contributed by atoms with Gasteiger partial charge < -0.3 is 14.7 Å². The summed E-state index contributed by atoms with van der Waals surface area (Å²) in [7, 11) is 0. The molecule has 2 saturated heterocycles. The van der Waals surface area contributed by atoms with Gasteiger partial charge in [0.1, 0.15) is 0 Å². The maximum Gasteiger partial charge on any atom is 0.228 e. The van der Waals surface area contributed by atoms with Crippen molar-refractivity contribution in [2.45, 2.75) is 45.1 Å². The maximum atomic E-state index is 12.6. The van der Waals surface area contributed by atoms with Gasteiger partial charge in [-0.3, -0.25) is 14.4 Å². The van der Waals surface area contributed by atoms with Gasteiger partial charge in [0.2, 0.25) is 17.7 Å². The Morgan fingerprint density at radius 2 is 1.59 bits per heavy atom. The molecular weight excluding hydrogens is 282 g/mol. The highest BCUT2D eigenvalue weighted by Gasteiger charge is 2.40. The molecule has 0 spiro atoms. The molecule has 3 aliphatic rings. The second-order valence-electron chi connectivity index (χ2n) is 6.72. The zero-order valence-corrected chi connectivity index (χ0v) is 13.3. The molecule has 22 heavy (non-hydrogen) atoms. The molecule has 1 atom stereocenters. The minimum Gasteiger partial charge on any atom is -0.339 e. The Kier molecular flexibility index (Phi) is 4.36. The molecule has 6 nitrogen and oxygen atoms in total. The summed E-state index contributed by atoms with van der Waals surface area (Å²) in [5, 5.41) is 0. The standard InChI is InChI=1S/C16H25N3O3/c1-12(20)17-6-8-18(9-7-17)16(22)13-10-15(21)19(11-13)14-4-2-3-5-14/h13-14H,2-11H2,1H3. The Hall–Kier alpha value is -1.59. The largest absolute Gasteiger partial charge is 0.339 e. The van der Waals surface area contributed by atoms with Crippen LogP contribution in [0.15, 0.2) is 0 Å². The second-order valence-corrected chi connectivity index (χ2v) is 6.72. The molecule has 0 radical (unpaired) electrons. The highest BCUT2D eigenvalue weighted by atomic mass is 16.2. The third kappa shape index (κ3) is 2.96. The van der Waals surface area contributed by atoms with E-state index in [9.17, 15) is 14.4 Å². The first-order valence-electron chi connectivity index (χ1n) is 8.40. The number of nitrogens with zero attached hydrogens (tertiary/aromatic N) is 3. The van der Waals surface area contributed by atoms with Crippen LogP contribution in [0.3, 0.4) is 0 Å². The fraction of sp³-hybridized carbons (Fsp3) is 0.812. The van der Waals surface area contributed by atoms with Gasteiger partial charge >= 0.3 is 0 Å². The van der Waals surface area contributed by atoms with E-state index in [1.54, 1.807) is 11.8 Å². The van der Waals surface area contributed by atoms with E-state index < -0.39 is 0 Å². The number of rotatable bonds is 2. The zero-order valence-electron chi connectivity index (χ0n) is 13.3. The fourth-order valence-corrected chi connectivity index (χ4v) is 3.97. The normalized spacial score (nSPS) is 26.9. The maximum absolute atomic E-state index is 12.6. The quantitative estimate of drug-likeness (QED) is 0.745. The summed E-state index contributed by atoms with van der Waals surface area (Å²) in [6.07, 6.45) is 4.93. The first kappa shape index (κ1) is 15.3. The molecular formula is C16H25N3O3. The van der Waals surface area contributed by atoms with Crippen molar-refractivity contribution in [3.8, 4) is 0 Å². The number of hydrogen-bond acceptors (Lipinski definition) is 3. The third-order valence-corrected chi connectivity index (χ3v) is 5.31. The second kappa shape index (κ2) is 6.26. The summed E-state index contributed by atoms with van der Waals surface area (Å²) >= 11 is 0. The molecule has 0 aromatic heterocycles. The van der Waals surface area contributed by atoms with Crippen molar-refractivity contribution in [2.24, 2.45) is 5.92 Å². The Morgan fingerprint density at radius 3 is 2.18 bits per heavy atom. The van der Waals surface area contributed by atoms with E-state index in [0.717, 1.165) is 12.8 Å². The highest BCUT2D eigenvalue weighted by Crippen LogP contribution is 2.30. The van der Waals surface area contributed by atoms with Crippen molar-refractivity contribution in [1.29, 1.82) is 0 Å². The molecule has 3 fully saturated rings. The van der Waals surface area contributed by atoms with Crippen LogP contribution in [0.25, 0.3) is 0 Å². The van der Waals surface area contributed by atoms with Crippen molar-refractivity contribution >= 4 is 17.7 Å². The van der Waals surface area contributed by atoms with Crippen LogP contribution in [0.1, 0.15) is 39.0 Å². The number of carbonyl (C=O) groups is 3. The molecule has 1 saturated carbocycles. The van der Waals surface area contributed by atoms with Crippen LogP contribution in [0, 0.1) is 5.92 Å². The topological polar surface area (TPSA) is 60.9 Å². The van der Waals surface area contributed by atoms with Crippen molar-refractivity contribution in [1.82, 2.24) is 14.7 Å². The average Bonchev–Trinajstić information content (AvgIpc) is 3.15. The molecule has 0 aromatic carbocycles. The third-order valence-electron chi connectivity index (χ3n) is 5.31. The van der Waals surface area contributed by atoms with Gasteiger partial charge in [-0.2, -0.15) is 0 Å². The Balaban J connectivity index is 1.55. The zero-order chi connectivity index (χ0) is 15.7. The van der Waals surface area contributed by atoms with Gasteiger partial charge in [0.25, 0.3) is 0 Å². The van der Waals surface area contributed by atoms with Crippen molar-refractivity contribution in [2.75, 3.05) is 32.7 Å². The van der Waals surface area contributed by atoms with Crippen LogP contribution in [0.2, 0.25) is 0 Å². The summed E-state index contributed by atoms with van der Waals surface area (Å²) in [6.45, 7) is 4.54. The monoisotopic (exact) mass is 307 g/mol. The van der Waals surface area contributed by atoms with E-state index in [1.807, 2.05) is 9.80 Å². The van der Waals surface area contributed by atoms with Crippen LogP contribution in [-0.2, 0) is 14.4 Å². The number of likely N-dealkylation sites (tertiary alicyclic amines) is 1. The summed E-state index contributed by atoms with van der Waals surface area (Å²) in [4.78, 5) is 41.7. The molecule has 2 heterocycles. The van der Waals surface area contributed by atoms with Gasteiger partial charge in [-0.25, -0.2) is 0 Å². The van der Waals surface area contributed by atoms with E-state index in [4.69, 9.17) is 0 Å². The molecule has 1 aliphatic carbocycles. The Bertz CT molecular complexity index is 465. The summed E-state index contributed by atoms with van der Waals surface area (Å²) in [6, 6.07) is 0.361. The van der Waals surface area contributed by atoms with Gasteiger partial charge in [0.15, 0.2) is 0 Å². The predicted octanol–water partition coefficient (Wildman–Crippen LogP) is 0.468. The number of piperazine rings is 1. The summed E-state index contributed by atoms with van der Waals surface area (Å²) in [5.74, 6) is 0.122. The van der Waals surface area contributed by atoms with E-state index in [1.165, 1.54) is 12.8 Å².